The van der Waals surface area contributed by atoms with Crippen LogP contribution in [-0.2, 0) is 0 Å². The van der Waals surface area contributed by atoms with E-state index in [4.69, 9.17) is 0 Å². The van der Waals surface area contributed by atoms with Crippen LogP contribution in [0, 0.1) is 17.3 Å². The van der Waals surface area contributed by atoms with E-state index in [0.29, 0.717) is 5.41 Å². The average Bonchev–Trinajstić information content (AvgIpc) is 2.56. The first-order chi connectivity index (χ1) is 11.7. The Bertz CT molecular complexity index is 487. The van der Waals surface area contributed by atoms with Crippen molar-refractivity contribution in [2.24, 2.45) is 17.3 Å². The van der Waals surface area contributed by atoms with Gasteiger partial charge in [0.15, 0.2) is 0 Å². The Hall–Kier alpha value is -1.70. The molecule has 2 heterocycles. The van der Waals surface area contributed by atoms with Crippen LogP contribution >= 0.6 is 0 Å². The molecule has 2 aromatic heterocycles. The highest BCUT2D eigenvalue weighted by Gasteiger charge is 2.18. The van der Waals surface area contributed by atoms with Crippen molar-refractivity contribution < 1.29 is 0 Å². The van der Waals surface area contributed by atoms with Crippen molar-refractivity contribution in [1.82, 2.24) is 9.97 Å². The fourth-order valence-corrected chi connectivity index (χ4v) is 1.95. The van der Waals surface area contributed by atoms with Crippen LogP contribution in [-0.4, -0.2) is 9.97 Å². The van der Waals surface area contributed by atoms with Crippen LogP contribution in [0.15, 0.2) is 49.1 Å². The van der Waals surface area contributed by atoms with Crippen molar-refractivity contribution in [3.63, 3.8) is 0 Å². The van der Waals surface area contributed by atoms with Gasteiger partial charge in [-0.15, -0.1) is 0 Å². The molecule has 0 fully saturated rings. The van der Waals surface area contributed by atoms with Gasteiger partial charge in [0.05, 0.1) is 0 Å². The van der Waals surface area contributed by atoms with Crippen molar-refractivity contribution in [2.45, 2.75) is 68.2 Å². The second-order valence-corrected chi connectivity index (χ2v) is 8.26. The molecule has 140 valence electrons. The minimum absolute atomic E-state index is 0.510. The normalized spacial score (nSPS) is 11.7. The van der Waals surface area contributed by atoms with Crippen LogP contribution < -0.4 is 0 Å². The van der Waals surface area contributed by atoms with Crippen LogP contribution in [0.2, 0.25) is 0 Å². The van der Waals surface area contributed by atoms with E-state index in [2.05, 4.69) is 65.4 Å². The van der Waals surface area contributed by atoms with Gasteiger partial charge in [-0.25, -0.2) is 0 Å². The summed E-state index contributed by atoms with van der Waals surface area (Å²) in [5.74, 6) is 1.70. The zero-order chi connectivity index (χ0) is 19.3. The standard InChI is InChI=1S/C10H8N2.C9H20.C4H10/c1-5-11-6-2-9(1)10-3-7-12-8-4-10;1-6-7-8(2)9(3,4)5;1-4(2)3/h1-8H;8H,6-7H2,1-5H3;4H,1-3H3. The maximum atomic E-state index is 3.96. The van der Waals surface area contributed by atoms with Gasteiger partial charge in [-0.05, 0) is 52.6 Å². The van der Waals surface area contributed by atoms with E-state index in [0.717, 1.165) is 11.8 Å². The molecule has 0 amide bonds. The topological polar surface area (TPSA) is 25.8 Å². The van der Waals surface area contributed by atoms with Crippen molar-refractivity contribution in [3.8, 4) is 11.1 Å². The van der Waals surface area contributed by atoms with E-state index >= 15 is 0 Å². The summed E-state index contributed by atoms with van der Waals surface area (Å²) < 4.78 is 0. The minimum atomic E-state index is 0.510. The third-order valence-electron chi connectivity index (χ3n) is 3.89. The Morgan fingerprint density at radius 2 is 1.08 bits per heavy atom. The molecular weight excluding hydrogens is 304 g/mol. The molecule has 0 aliphatic heterocycles. The first-order valence-corrected chi connectivity index (χ1v) is 9.48. The molecular formula is C23H38N2. The van der Waals surface area contributed by atoms with Gasteiger partial charge in [-0.3, -0.25) is 9.97 Å². The second-order valence-electron chi connectivity index (χ2n) is 8.26. The number of aromatic nitrogens is 2. The lowest BCUT2D eigenvalue weighted by Crippen LogP contribution is -2.16. The third-order valence-corrected chi connectivity index (χ3v) is 3.89. The van der Waals surface area contributed by atoms with Gasteiger partial charge in [-0.1, -0.05) is 68.2 Å². The van der Waals surface area contributed by atoms with E-state index < -0.39 is 0 Å². The number of nitrogens with zero attached hydrogens (tertiary/aromatic N) is 2. The molecule has 0 N–H and O–H groups in total. The molecule has 0 saturated carbocycles. The van der Waals surface area contributed by atoms with Crippen LogP contribution in [0.25, 0.3) is 11.1 Å². The Morgan fingerprint density at radius 3 is 1.28 bits per heavy atom. The molecule has 0 aromatic carbocycles. The molecule has 0 spiro atoms. The third kappa shape index (κ3) is 12.3. The largest absolute Gasteiger partial charge is 0.265 e. The second kappa shape index (κ2) is 12.6. The molecule has 0 aliphatic carbocycles. The zero-order valence-corrected chi connectivity index (χ0v) is 17.6. The summed E-state index contributed by atoms with van der Waals surface area (Å²) in [7, 11) is 0. The Balaban J connectivity index is 0.000000394. The maximum Gasteiger partial charge on any atom is 0.0273 e. The Morgan fingerprint density at radius 1 is 0.760 bits per heavy atom. The fraction of sp³-hybridized carbons (Fsp3) is 0.565. The predicted octanol–water partition coefficient (Wildman–Crippen LogP) is 7.27. The van der Waals surface area contributed by atoms with Crippen LogP contribution in [0.4, 0.5) is 0 Å². The highest BCUT2D eigenvalue weighted by atomic mass is 14.6. The van der Waals surface area contributed by atoms with E-state index in [1.54, 1.807) is 24.8 Å². The summed E-state index contributed by atoms with van der Waals surface area (Å²) in [6.07, 6.45) is 9.83. The van der Waals surface area contributed by atoms with Crippen molar-refractivity contribution >= 4 is 0 Å². The molecule has 25 heavy (non-hydrogen) atoms. The van der Waals surface area contributed by atoms with E-state index in [1.807, 2.05) is 24.3 Å². The molecule has 0 saturated heterocycles. The lowest BCUT2D eigenvalue weighted by atomic mass is 9.80. The molecule has 2 nitrogen and oxygen atoms in total. The quantitative estimate of drug-likeness (QED) is 0.586. The maximum absolute atomic E-state index is 3.96. The highest BCUT2D eigenvalue weighted by Crippen LogP contribution is 2.28. The molecule has 2 heteroatoms. The van der Waals surface area contributed by atoms with Crippen LogP contribution in [0.1, 0.15) is 68.2 Å². The van der Waals surface area contributed by atoms with Crippen molar-refractivity contribution in [2.75, 3.05) is 0 Å². The summed E-state index contributed by atoms with van der Waals surface area (Å²) in [6, 6.07) is 7.93. The summed E-state index contributed by atoms with van der Waals surface area (Å²) in [4.78, 5) is 7.91. The SMILES string of the molecule is CC(C)C.CCCC(C)C(C)(C)C.c1cc(-c2ccncc2)ccn1. The molecule has 0 bridgehead atoms. The van der Waals surface area contributed by atoms with E-state index in [9.17, 15) is 0 Å². The van der Waals surface area contributed by atoms with Gasteiger partial charge in [0, 0.05) is 24.8 Å². The molecule has 0 radical (unpaired) electrons. The van der Waals surface area contributed by atoms with E-state index in [1.165, 1.54) is 24.0 Å². The average molecular weight is 343 g/mol. The molecule has 2 aromatic rings. The highest BCUT2D eigenvalue weighted by molar-refractivity contribution is 5.61. The van der Waals surface area contributed by atoms with Crippen molar-refractivity contribution in [3.05, 3.63) is 49.1 Å². The van der Waals surface area contributed by atoms with Gasteiger partial charge >= 0.3 is 0 Å². The summed E-state index contributed by atoms with van der Waals surface area (Å²) in [6.45, 7) is 18.0. The lowest BCUT2D eigenvalue weighted by Gasteiger charge is -2.26. The fourth-order valence-electron chi connectivity index (χ4n) is 1.95. The first-order valence-electron chi connectivity index (χ1n) is 9.48. The summed E-state index contributed by atoms with van der Waals surface area (Å²) in [5, 5.41) is 0. The van der Waals surface area contributed by atoms with Crippen molar-refractivity contribution in [1.29, 1.82) is 0 Å². The molecule has 2 rings (SSSR count). The number of rotatable bonds is 3. The van der Waals surface area contributed by atoms with Gasteiger partial charge in [0.1, 0.15) is 0 Å². The van der Waals surface area contributed by atoms with Gasteiger partial charge in [-0.2, -0.15) is 0 Å². The van der Waals surface area contributed by atoms with E-state index in [-0.39, 0.29) is 0 Å². The van der Waals surface area contributed by atoms with Gasteiger partial charge in [0.25, 0.3) is 0 Å². The number of hydrogen-bond acceptors (Lipinski definition) is 2. The van der Waals surface area contributed by atoms with Crippen LogP contribution in [0.3, 0.4) is 0 Å². The Labute approximate surface area is 156 Å². The minimum Gasteiger partial charge on any atom is -0.265 e. The monoisotopic (exact) mass is 342 g/mol. The molecule has 0 aliphatic rings. The smallest absolute Gasteiger partial charge is 0.0273 e. The number of pyridine rings is 2. The predicted molar refractivity (Wildman–Crippen MR) is 112 cm³/mol. The molecule has 1 unspecified atom stereocenters. The molecule has 1 atom stereocenters. The Kier molecular flexibility index (Phi) is 11.8. The van der Waals surface area contributed by atoms with Gasteiger partial charge in [0.2, 0.25) is 0 Å². The number of hydrogen-bond donors (Lipinski definition) is 0. The first kappa shape index (κ1) is 23.3. The van der Waals surface area contributed by atoms with Gasteiger partial charge < -0.3 is 0 Å². The van der Waals surface area contributed by atoms with Crippen LogP contribution in [0.5, 0.6) is 0 Å². The summed E-state index contributed by atoms with van der Waals surface area (Å²) >= 11 is 0. The zero-order valence-electron chi connectivity index (χ0n) is 17.6. The lowest BCUT2D eigenvalue weighted by molar-refractivity contribution is 0.245. The summed E-state index contributed by atoms with van der Waals surface area (Å²) in [5.41, 5.74) is 2.86.